The lowest BCUT2D eigenvalue weighted by atomic mass is 10.2. The number of aryl methyl sites for hydroxylation is 1. The minimum atomic E-state index is -0.589. The highest BCUT2D eigenvalue weighted by molar-refractivity contribution is 5.87. The van der Waals surface area contributed by atoms with Crippen molar-refractivity contribution < 1.29 is 9.53 Å². The van der Waals surface area contributed by atoms with Crippen molar-refractivity contribution in [2.75, 3.05) is 11.4 Å². The molecule has 0 saturated heterocycles. The van der Waals surface area contributed by atoms with Gasteiger partial charge in [-0.05, 0) is 18.9 Å². The highest BCUT2D eigenvalue weighted by Crippen LogP contribution is 2.23. The Bertz CT molecular complexity index is 830. The van der Waals surface area contributed by atoms with Gasteiger partial charge < -0.3 is 4.74 Å². The van der Waals surface area contributed by atoms with E-state index in [1.54, 1.807) is 10.6 Å². The maximum Gasteiger partial charge on any atom is 0.415 e. The molecule has 25 heavy (non-hydrogen) atoms. The maximum atomic E-state index is 12.8. The Hall–Kier alpha value is -2.89. The number of ether oxygens (including phenoxy) is 1. The van der Waals surface area contributed by atoms with Crippen molar-refractivity contribution in [3.05, 3.63) is 70.9 Å². The average molecular weight is 339 g/mol. The first-order valence-corrected chi connectivity index (χ1v) is 8.31. The number of amides is 1. The number of benzene rings is 1. The van der Waals surface area contributed by atoms with Gasteiger partial charge in [-0.2, -0.15) is 0 Å². The van der Waals surface area contributed by atoms with E-state index in [9.17, 15) is 9.59 Å². The van der Waals surface area contributed by atoms with E-state index in [2.05, 4.69) is 11.6 Å². The molecule has 0 radical (unpaired) electrons. The van der Waals surface area contributed by atoms with Gasteiger partial charge in [0.2, 0.25) is 0 Å². The molecule has 1 aliphatic heterocycles. The number of fused-ring (bicyclic) bond motifs is 1. The zero-order valence-electron chi connectivity index (χ0n) is 14.2. The molecule has 0 saturated carbocycles. The fourth-order valence-corrected chi connectivity index (χ4v) is 2.98. The van der Waals surface area contributed by atoms with Gasteiger partial charge in [0, 0.05) is 19.0 Å². The Kier molecular flexibility index (Phi) is 4.97. The summed E-state index contributed by atoms with van der Waals surface area (Å²) >= 11 is 0. The van der Waals surface area contributed by atoms with Crippen molar-refractivity contribution in [1.82, 2.24) is 9.55 Å². The molecule has 0 N–H and O–H groups in total. The third kappa shape index (κ3) is 3.47. The van der Waals surface area contributed by atoms with Crippen molar-refractivity contribution in [3.8, 4) is 0 Å². The molecule has 0 spiro atoms. The molecule has 130 valence electrons. The molecule has 1 amide bonds. The number of anilines is 1. The van der Waals surface area contributed by atoms with Crippen LogP contribution in [0.5, 0.6) is 0 Å². The molecule has 6 nitrogen and oxygen atoms in total. The molecule has 1 aliphatic rings. The van der Waals surface area contributed by atoms with Crippen LogP contribution in [0.25, 0.3) is 0 Å². The van der Waals surface area contributed by atoms with Gasteiger partial charge in [-0.15, -0.1) is 6.58 Å². The Morgan fingerprint density at radius 1 is 1.44 bits per heavy atom. The summed E-state index contributed by atoms with van der Waals surface area (Å²) in [6.07, 6.45) is 4.08. The number of rotatable bonds is 5. The molecule has 0 aliphatic carbocycles. The summed E-state index contributed by atoms with van der Waals surface area (Å²) in [7, 11) is 0. The minimum Gasteiger partial charge on any atom is -0.444 e. The molecular formula is C19H21N3O3. The zero-order chi connectivity index (χ0) is 17.8. The van der Waals surface area contributed by atoms with Crippen molar-refractivity contribution in [1.29, 1.82) is 0 Å². The molecule has 3 rings (SSSR count). The van der Waals surface area contributed by atoms with Gasteiger partial charge >= 0.3 is 6.09 Å². The van der Waals surface area contributed by atoms with E-state index < -0.39 is 6.09 Å². The molecule has 1 aromatic carbocycles. The summed E-state index contributed by atoms with van der Waals surface area (Å²) in [5.74, 6) is 0.762. The molecule has 1 atom stereocenters. The minimum absolute atomic E-state index is 0.0841. The third-order valence-electron chi connectivity index (χ3n) is 4.31. The monoisotopic (exact) mass is 339 g/mol. The summed E-state index contributed by atoms with van der Waals surface area (Å²) < 4.78 is 7.02. The molecule has 0 bridgehead atoms. The summed E-state index contributed by atoms with van der Waals surface area (Å²) in [6, 6.07) is 9.48. The van der Waals surface area contributed by atoms with Gasteiger partial charge in [0.1, 0.15) is 18.1 Å². The van der Waals surface area contributed by atoms with Crippen molar-refractivity contribution in [2.24, 2.45) is 0 Å². The summed E-state index contributed by atoms with van der Waals surface area (Å²) in [5, 5.41) is 0. The van der Waals surface area contributed by atoms with Gasteiger partial charge in [-0.25, -0.2) is 9.78 Å². The number of nitrogens with zero attached hydrogens (tertiary/aromatic N) is 3. The van der Waals surface area contributed by atoms with E-state index in [4.69, 9.17) is 4.74 Å². The van der Waals surface area contributed by atoms with E-state index in [1.165, 1.54) is 11.1 Å². The molecule has 6 heteroatoms. The fourth-order valence-electron chi connectivity index (χ4n) is 2.98. The quantitative estimate of drug-likeness (QED) is 0.785. The first-order valence-electron chi connectivity index (χ1n) is 8.31. The first kappa shape index (κ1) is 17.0. The molecular weight excluding hydrogens is 318 g/mol. The summed E-state index contributed by atoms with van der Waals surface area (Å²) in [6.45, 7) is 5.97. The normalized spacial score (nSPS) is 15.5. The van der Waals surface area contributed by atoms with Gasteiger partial charge in [-0.1, -0.05) is 36.4 Å². The molecule has 2 heterocycles. The van der Waals surface area contributed by atoms with E-state index in [0.29, 0.717) is 0 Å². The molecule has 1 unspecified atom stereocenters. The van der Waals surface area contributed by atoms with E-state index in [0.717, 1.165) is 24.2 Å². The van der Waals surface area contributed by atoms with Gasteiger partial charge in [0.15, 0.2) is 0 Å². The fraction of sp³-hybridized carbons (Fsp3) is 0.316. The predicted octanol–water partition coefficient (Wildman–Crippen LogP) is 3.08. The smallest absolute Gasteiger partial charge is 0.415 e. The third-order valence-corrected chi connectivity index (χ3v) is 4.31. The van der Waals surface area contributed by atoms with Crippen LogP contribution < -0.4 is 10.5 Å². The largest absolute Gasteiger partial charge is 0.444 e. The number of carbonyl (C=O) groups excluding carboxylic acids is 1. The van der Waals surface area contributed by atoms with Crippen LogP contribution in [0, 0.1) is 0 Å². The van der Waals surface area contributed by atoms with Crippen LogP contribution in [0.4, 0.5) is 10.5 Å². The van der Waals surface area contributed by atoms with Crippen molar-refractivity contribution in [3.63, 3.8) is 0 Å². The Balaban J connectivity index is 1.84. The number of hydrogen-bond donors (Lipinski definition) is 0. The number of hydrogen-bond acceptors (Lipinski definition) is 4. The van der Waals surface area contributed by atoms with Crippen LogP contribution in [0.1, 0.15) is 30.8 Å². The second-order valence-electron chi connectivity index (χ2n) is 6.06. The van der Waals surface area contributed by atoms with Crippen LogP contribution in [0.15, 0.2) is 54.0 Å². The lowest BCUT2D eigenvalue weighted by Gasteiger charge is -2.21. The second kappa shape index (κ2) is 7.34. The van der Waals surface area contributed by atoms with Crippen LogP contribution in [-0.2, 0) is 17.8 Å². The van der Waals surface area contributed by atoms with Crippen LogP contribution in [0.3, 0.4) is 0 Å². The Morgan fingerprint density at radius 3 is 2.92 bits per heavy atom. The van der Waals surface area contributed by atoms with E-state index in [1.807, 2.05) is 37.3 Å². The Morgan fingerprint density at radius 2 is 2.20 bits per heavy atom. The van der Waals surface area contributed by atoms with Crippen LogP contribution in [-0.4, -0.2) is 22.2 Å². The van der Waals surface area contributed by atoms with E-state index in [-0.39, 0.29) is 30.4 Å². The van der Waals surface area contributed by atoms with Gasteiger partial charge in [0.05, 0.1) is 6.20 Å². The molecule has 1 aromatic heterocycles. The SMILES string of the molecule is C=CCN(C(=O)OCc1ccccc1)c1cnc2n(c1=O)C(C)CC2. The lowest BCUT2D eigenvalue weighted by molar-refractivity contribution is 0.147. The number of aromatic nitrogens is 2. The Labute approximate surface area is 146 Å². The topological polar surface area (TPSA) is 64.4 Å². The van der Waals surface area contributed by atoms with Crippen molar-refractivity contribution in [2.45, 2.75) is 32.4 Å². The highest BCUT2D eigenvalue weighted by atomic mass is 16.6. The van der Waals surface area contributed by atoms with Crippen LogP contribution >= 0.6 is 0 Å². The summed E-state index contributed by atoms with van der Waals surface area (Å²) in [4.78, 5) is 31.0. The van der Waals surface area contributed by atoms with Crippen LogP contribution in [0.2, 0.25) is 0 Å². The molecule has 0 fully saturated rings. The lowest BCUT2D eigenvalue weighted by Crippen LogP contribution is -2.38. The van der Waals surface area contributed by atoms with Gasteiger partial charge in [0.25, 0.3) is 5.56 Å². The first-order chi connectivity index (χ1) is 12.1. The summed E-state index contributed by atoms with van der Waals surface area (Å²) in [5.41, 5.74) is 0.885. The van der Waals surface area contributed by atoms with E-state index >= 15 is 0 Å². The predicted molar refractivity (Wildman–Crippen MR) is 95.7 cm³/mol. The molecule has 2 aromatic rings. The zero-order valence-corrected chi connectivity index (χ0v) is 14.2. The second-order valence-corrected chi connectivity index (χ2v) is 6.06. The standard InChI is InChI=1S/C19H21N3O3/c1-3-11-21(19(24)25-13-15-7-5-4-6-8-15)16-12-20-17-10-9-14(2)22(17)18(16)23/h3-8,12,14H,1,9-11,13H2,2H3. The maximum absolute atomic E-state index is 12.8. The highest BCUT2D eigenvalue weighted by Gasteiger charge is 2.26. The average Bonchev–Trinajstić information content (AvgIpc) is 3.01. The van der Waals surface area contributed by atoms with Gasteiger partial charge in [-0.3, -0.25) is 14.3 Å². The van der Waals surface area contributed by atoms with Crippen molar-refractivity contribution >= 4 is 11.8 Å². The number of carbonyl (C=O) groups is 1.